The van der Waals surface area contributed by atoms with Crippen LogP contribution in [0.1, 0.15) is 40.5 Å². The first-order valence-corrected chi connectivity index (χ1v) is 8.72. The molecule has 134 valence electrons. The van der Waals surface area contributed by atoms with Crippen molar-refractivity contribution in [3.8, 4) is 5.88 Å². The standard InChI is InChI=1S/C18H29N3O3/c1-5-6-14-23-16-9-7-8-15(19-16)20-10-12-21(13-11-20)17(22)24-18(2,3)4/h7-9H,5-6,10-14H2,1-4H3. The third kappa shape index (κ3) is 5.58. The third-order valence-corrected chi connectivity index (χ3v) is 3.71. The molecule has 0 saturated carbocycles. The van der Waals surface area contributed by atoms with Crippen molar-refractivity contribution in [2.75, 3.05) is 37.7 Å². The molecular formula is C18H29N3O3. The van der Waals surface area contributed by atoms with Gasteiger partial charge in [0.05, 0.1) is 6.61 Å². The number of anilines is 1. The summed E-state index contributed by atoms with van der Waals surface area (Å²) in [6.07, 6.45) is 1.89. The van der Waals surface area contributed by atoms with Crippen molar-refractivity contribution in [1.29, 1.82) is 0 Å². The summed E-state index contributed by atoms with van der Waals surface area (Å²) in [6, 6.07) is 5.83. The van der Waals surface area contributed by atoms with Gasteiger partial charge in [-0.2, -0.15) is 4.98 Å². The van der Waals surface area contributed by atoms with Gasteiger partial charge >= 0.3 is 6.09 Å². The second-order valence-electron chi connectivity index (χ2n) is 6.99. The van der Waals surface area contributed by atoms with E-state index in [1.807, 2.05) is 39.0 Å². The van der Waals surface area contributed by atoms with Crippen LogP contribution in [0.15, 0.2) is 18.2 Å². The fraction of sp³-hybridized carbons (Fsp3) is 0.667. The number of hydrogen-bond donors (Lipinski definition) is 0. The van der Waals surface area contributed by atoms with Crippen molar-refractivity contribution in [3.05, 3.63) is 18.2 Å². The Morgan fingerprint density at radius 2 is 1.92 bits per heavy atom. The van der Waals surface area contributed by atoms with E-state index in [0.717, 1.165) is 31.7 Å². The van der Waals surface area contributed by atoms with Gasteiger partial charge < -0.3 is 19.3 Å². The number of piperazine rings is 1. The van der Waals surface area contributed by atoms with Gasteiger partial charge in [0.2, 0.25) is 5.88 Å². The largest absolute Gasteiger partial charge is 0.478 e. The Morgan fingerprint density at radius 3 is 2.54 bits per heavy atom. The number of carbonyl (C=O) groups is 1. The summed E-state index contributed by atoms with van der Waals surface area (Å²) in [4.78, 5) is 20.6. The van der Waals surface area contributed by atoms with Crippen LogP contribution in [0, 0.1) is 0 Å². The number of nitrogens with zero attached hydrogens (tertiary/aromatic N) is 3. The van der Waals surface area contributed by atoms with Crippen LogP contribution in [0.3, 0.4) is 0 Å². The number of ether oxygens (including phenoxy) is 2. The molecule has 24 heavy (non-hydrogen) atoms. The average molecular weight is 335 g/mol. The van der Waals surface area contributed by atoms with Gasteiger partial charge in [-0.25, -0.2) is 4.79 Å². The van der Waals surface area contributed by atoms with Crippen LogP contribution in [0.25, 0.3) is 0 Å². The summed E-state index contributed by atoms with van der Waals surface area (Å²) < 4.78 is 11.1. The number of aromatic nitrogens is 1. The van der Waals surface area contributed by atoms with Gasteiger partial charge in [0.15, 0.2) is 0 Å². The maximum absolute atomic E-state index is 12.1. The maximum Gasteiger partial charge on any atom is 0.410 e. The average Bonchev–Trinajstić information content (AvgIpc) is 2.54. The van der Waals surface area contributed by atoms with Gasteiger partial charge in [-0.3, -0.25) is 0 Å². The fourth-order valence-corrected chi connectivity index (χ4v) is 2.43. The fourth-order valence-electron chi connectivity index (χ4n) is 2.43. The minimum absolute atomic E-state index is 0.244. The zero-order valence-electron chi connectivity index (χ0n) is 15.2. The van der Waals surface area contributed by atoms with Crippen LogP contribution in [0.2, 0.25) is 0 Å². The minimum atomic E-state index is -0.458. The molecule has 1 aliphatic heterocycles. The van der Waals surface area contributed by atoms with Gasteiger partial charge in [0.25, 0.3) is 0 Å². The summed E-state index contributed by atoms with van der Waals surface area (Å²) in [6.45, 7) is 11.2. The molecule has 6 heteroatoms. The van der Waals surface area contributed by atoms with E-state index in [2.05, 4.69) is 16.8 Å². The molecule has 2 heterocycles. The molecule has 1 amide bonds. The first-order chi connectivity index (χ1) is 11.4. The van der Waals surface area contributed by atoms with E-state index in [9.17, 15) is 4.79 Å². The summed E-state index contributed by atoms with van der Waals surface area (Å²) in [7, 11) is 0. The topological polar surface area (TPSA) is 54.9 Å². The van der Waals surface area contributed by atoms with Crippen molar-refractivity contribution >= 4 is 11.9 Å². The Hall–Kier alpha value is -1.98. The van der Waals surface area contributed by atoms with Crippen LogP contribution in [0.4, 0.5) is 10.6 Å². The molecule has 0 atom stereocenters. The summed E-state index contributed by atoms with van der Waals surface area (Å²) in [5.74, 6) is 1.56. The van der Waals surface area contributed by atoms with E-state index < -0.39 is 5.60 Å². The van der Waals surface area contributed by atoms with Crippen LogP contribution >= 0.6 is 0 Å². The summed E-state index contributed by atoms with van der Waals surface area (Å²) in [5.41, 5.74) is -0.458. The van der Waals surface area contributed by atoms with Gasteiger partial charge in [0, 0.05) is 32.2 Å². The van der Waals surface area contributed by atoms with E-state index >= 15 is 0 Å². The Morgan fingerprint density at radius 1 is 1.21 bits per heavy atom. The van der Waals surface area contributed by atoms with E-state index in [-0.39, 0.29) is 6.09 Å². The number of pyridine rings is 1. The lowest BCUT2D eigenvalue weighted by molar-refractivity contribution is 0.0240. The highest BCUT2D eigenvalue weighted by atomic mass is 16.6. The van der Waals surface area contributed by atoms with Crippen molar-refractivity contribution in [2.24, 2.45) is 0 Å². The molecule has 2 rings (SSSR count). The minimum Gasteiger partial charge on any atom is -0.478 e. The van der Waals surface area contributed by atoms with Crippen molar-refractivity contribution in [2.45, 2.75) is 46.1 Å². The van der Waals surface area contributed by atoms with Crippen molar-refractivity contribution < 1.29 is 14.3 Å². The highest BCUT2D eigenvalue weighted by molar-refractivity contribution is 5.68. The molecule has 0 aliphatic carbocycles. The molecule has 0 bridgehead atoms. The van der Waals surface area contributed by atoms with E-state index in [0.29, 0.717) is 25.6 Å². The van der Waals surface area contributed by atoms with Gasteiger partial charge in [-0.1, -0.05) is 19.4 Å². The Balaban J connectivity index is 1.88. The van der Waals surface area contributed by atoms with Gasteiger partial charge in [0.1, 0.15) is 11.4 Å². The van der Waals surface area contributed by atoms with E-state index in [1.54, 1.807) is 4.90 Å². The maximum atomic E-state index is 12.1. The van der Waals surface area contributed by atoms with Gasteiger partial charge in [-0.15, -0.1) is 0 Å². The number of carbonyl (C=O) groups excluding carboxylic acids is 1. The molecule has 1 fully saturated rings. The predicted molar refractivity (Wildman–Crippen MR) is 94.7 cm³/mol. The lowest BCUT2D eigenvalue weighted by atomic mass is 10.2. The zero-order valence-corrected chi connectivity index (χ0v) is 15.2. The highest BCUT2D eigenvalue weighted by Crippen LogP contribution is 2.19. The number of unbranched alkanes of at least 4 members (excludes halogenated alkanes) is 1. The monoisotopic (exact) mass is 335 g/mol. The normalized spacial score (nSPS) is 15.3. The first kappa shape index (κ1) is 18.4. The Kier molecular flexibility index (Phi) is 6.29. The molecule has 1 aromatic heterocycles. The van der Waals surface area contributed by atoms with E-state index in [4.69, 9.17) is 9.47 Å². The molecule has 1 saturated heterocycles. The first-order valence-electron chi connectivity index (χ1n) is 8.72. The smallest absolute Gasteiger partial charge is 0.410 e. The van der Waals surface area contributed by atoms with E-state index in [1.165, 1.54) is 0 Å². The molecule has 6 nitrogen and oxygen atoms in total. The SMILES string of the molecule is CCCCOc1cccc(N2CCN(C(=O)OC(C)(C)C)CC2)n1. The number of hydrogen-bond acceptors (Lipinski definition) is 5. The lowest BCUT2D eigenvalue weighted by Gasteiger charge is -2.36. The van der Waals surface area contributed by atoms with Crippen LogP contribution in [0.5, 0.6) is 5.88 Å². The molecule has 0 N–H and O–H groups in total. The molecule has 1 aliphatic rings. The van der Waals surface area contributed by atoms with Crippen LogP contribution in [-0.2, 0) is 4.74 Å². The molecule has 1 aromatic rings. The quantitative estimate of drug-likeness (QED) is 0.773. The van der Waals surface area contributed by atoms with Gasteiger partial charge in [-0.05, 0) is 33.3 Å². The number of amides is 1. The summed E-state index contributed by atoms with van der Waals surface area (Å²) >= 11 is 0. The molecule has 0 radical (unpaired) electrons. The highest BCUT2D eigenvalue weighted by Gasteiger charge is 2.26. The van der Waals surface area contributed by atoms with Crippen LogP contribution in [-0.4, -0.2) is 54.4 Å². The molecule has 0 unspecified atom stereocenters. The lowest BCUT2D eigenvalue weighted by Crippen LogP contribution is -2.50. The Bertz CT molecular complexity index is 535. The molecular weight excluding hydrogens is 306 g/mol. The van der Waals surface area contributed by atoms with Crippen molar-refractivity contribution in [1.82, 2.24) is 9.88 Å². The number of rotatable bonds is 5. The predicted octanol–water partition coefficient (Wildman–Crippen LogP) is 3.32. The zero-order chi connectivity index (χ0) is 17.6. The molecule has 0 spiro atoms. The molecule has 0 aromatic carbocycles. The van der Waals surface area contributed by atoms with Crippen LogP contribution < -0.4 is 9.64 Å². The second-order valence-corrected chi connectivity index (χ2v) is 6.99. The summed E-state index contributed by atoms with van der Waals surface area (Å²) in [5, 5.41) is 0. The second kappa shape index (κ2) is 8.22. The van der Waals surface area contributed by atoms with Crippen molar-refractivity contribution in [3.63, 3.8) is 0 Å². The third-order valence-electron chi connectivity index (χ3n) is 3.71. The Labute approximate surface area is 144 Å².